The number of carbonyl (C=O) groups is 2. The normalized spacial score (nSPS) is 14.5. The standard InChI is InChI=1S/C44H44ClFN10O3/c1-4-15-47-42(58)33-24-49-43(54-40(33)53-37-7-5-6-36(52-37)44(2,3)59)50-29-10-12-30(13-11-29)56-19-17-55(18-20-56)25-27-9-8-26(21-34(27)45)39-31-14-16-48-41(57)32-22-28(46)23-35(51-39)38(31)32/h4-13,21-24,51,59H,1,14-20,25H2,2-3H3,(H,47,58)(H,48,57)(H2,49,50,52,53,54). The predicted octanol–water partition coefficient (Wildman–Crippen LogP) is 7.05. The van der Waals surface area contributed by atoms with Gasteiger partial charge in [-0.15, -0.1) is 6.58 Å². The largest absolute Gasteiger partial charge is 0.384 e. The highest BCUT2D eigenvalue weighted by atomic mass is 35.5. The summed E-state index contributed by atoms with van der Waals surface area (Å²) in [7, 11) is 0. The molecule has 0 atom stereocenters. The maximum Gasteiger partial charge on any atom is 0.256 e. The summed E-state index contributed by atoms with van der Waals surface area (Å²) in [6.45, 7) is 11.8. The Morgan fingerprint density at radius 2 is 1.83 bits per heavy atom. The molecular formula is C44H44ClFN10O3. The highest BCUT2D eigenvalue weighted by Gasteiger charge is 2.25. The van der Waals surface area contributed by atoms with E-state index in [-0.39, 0.29) is 35.7 Å². The van der Waals surface area contributed by atoms with Gasteiger partial charge in [-0.1, -0.05) is 35.9 Å². The molecule has 302 valence electrons. The fourth-order valence-electron chi connectivity index (χ4n) is 7.49. The van der Waals surface area contributed by atoms with Gasteiger partial charge in [0.15, 0.2) is 0 Å². The molecule has 0 saturated carbocycles. The lowest BCUT2D eigenvalue weighted by atomic mass is 9.99. The Balaban J connectivity index is 0.905. The molecule has 15 heteroatoms. The predicted molar refractivity (Wildman–Crippen MR) is 229 cm³/mol. The van der Waals surface area contributed by atoms with Gasteiger partial charge in [0.2, 0.25) is 5.95 Å². The highest BCUT2D eigenvalue weighted by Crippen LogP contribution is 2.36. The third-order valence-electron chi connectivity index (χ3n) is 10.5. The lowest BCUT2D eigenvalue weighted by molar-refractivity contribution is 0.0739. The lowest BCUT2D eigenvalue weighted by Crippen LogP contribution is -2.46. The van der Waals surface area contributed by atoms with Crippen LogP contribution in [0, 0.1) is 5.82 Å². The minimum Gasteiger partial charge on any atom is -0.384 e. The quantitative estimate of drug-likeness (QED) is 0.0706. The number of rotatable bonds is 12. The van der Waals surface area contributed by atoms with Crippen LogP contribution in [-0.4, -0.2) is 81.0 Å². The van der Waals surface area contributed by atoms with Crippen molar-refractivity contribution in [2.75, 3.05) is 54.8 Å². The van der Waals surface area contributed by atoms with Crippen LogP contribution in [0.2, 0.25) is 5.02 Å². The fourth-order valence-corrected chi connectivity index (χ4v) is 7.73. The Bertz CT molecular complexity index is 2560. The van der Waals surface area contributed by atoms with E-state index >= 15 is 0 Å². The van der Waals surface area contributed by atoms with Crippen LogP contribution < -0.4 is 26.2 Å². The Labute approximate surface area is 345 Å². The molecule has 0 bridgehead atoms. The zero-order valence-corrected chi connectivity index (χ0v) is 33.5. The number of H-pyrrole nitrogens is 1. The van der Waals surface area contributed by atoms with Gasteiger partial charge in [-0.3, -0.25) is 14.5 Å². The number of hydrogen-bond acceptors (Lipinski definition) is 10. The molecule has 1 fully saturated rings. The summed E-state index contributed by atoms with van der Waals surface area (Å²) in [6, 6.07) is 22.0. The topological polar surface area (TPSA) is 163 Å². The molecular weight excluding hydrogens is 771 g/mol. The summed E-state index contributed by atoms with van der Waals surface area (Å²) in [4.78, 5) is 47.2. The SMILES string of the molecule is C=CCNC(=O)c1cnc(Nc2ccc(N3CCN(Cc4ccc(-c5[nH]c6cc(F)cc7c6c5CCNC7=O)cc4Cl)CC3)cc2)nc1Nc1cccc(C(C)(C)O)n1. The van der Waals surface area contributed by atoms with Gasteiger partial charge in [-0.2, -0.15) is 4.98 Å². The number of nitrogens with zero attached hydrogens (tertiary/aromatic N) is 5. The van der Waals surface area contributed by atoms with Crippen molar-refractivity contribution in [1.82, 2.24) is 35.5 Å². The summed E-state index contributed by atoms with van der Waals surface area (Å²) in [5.41, 5.74) is 6.09. The molecule has 0 aliphatic carbocycles. The van der Waals surface area contributed by atoms with Crippen molar-refractivity contribution >= 4 is 63.3 Å². The molecule has 0 unspecified atom stereocenters. The molecule has 6 N–H and O–H groups in total. The Morgan fingerprint density at radius 3 is 2.58 bits per heavy atom. The minimum absolute atomic E-state index is 0.224. The van der Waals surface area contributed by atoms with Crippen LogP contribution in [0.15, 0.2) is 91.6 Å². The lowest BCUT2D eigenvalue weighted by Gasteiger charge is -2.36. The number of anilines is 5. The molecule has 6 aromatic rings. The number of nitrogens with one attached hydrogen (secondary N) is 5. The Hall–Kier alpha value is -6.35. The van der Waals surface area contributed by atoms with E-state index in [1.54, 1.807) is 38.1 Å². The van der Waals surface area contributed by atoms with E-state index < -0.39 is 11.4 Å². The van der Waals surface area contributed by atoms with Crippen LogP contribution >= 0.6 is 11.6 Å². The third kappa shape index (κ3) is 8.60. The number of aliphatic hydroxyl groups is 1. The third-order valence-corrected chi connectivity index (χ3v) is 10.9. The van der Waals surface area contributed by atoms with Gasteiger partial charge in [0, 0.05) is 85.0 Å². The van der Waals surface area contributed by atoms with Crippen molar-refractivity contribution < 1.29 is 19.1 Å². The van der Waals surface area contributed by atoms with Gasteiger partial charge in [0.1, 0.15) is 28.6 Å². The van der Waals surface area contributed by atoms with E-state index in [1.165, 1.54) is 18.3 Å². The number of piperazine rings is 1. The second kappa shape index (κ2) is 16.5. The van der Waals surface area contributed by atoms with E-state index in [9.17, 15) is 19.1 Å². The minimum atomic E-state index is -1.16. The first-order chi connectivity index (χ1) is 28.4. The van der Waals surface area contributed by atoms with Crippen LogP contribution in [0.3, 0.4) is 0 Å². The number of carbonyl (C=O) groups excluding carboxylic acids is 2. The van der Waals surface area contributed by atoms with Gasteiger partial charge in [-0.25, -0.2) is 14.4 Å². The second-order valence-corrected chi connectivity index (χ2v) is 15.6. The molecule has 3 aromatic carbocycles. The fraction of sp³-hybridized carbons (Fsp3) is 0.250. The zero-order chi connectivity index (χ0) is 41.3. The van der Waals surface area contributed by atoms with Crippen LogP contribution in [-0.2, 0) is 18.6 Å². The van der Waals surface area contributed by atoms with Gasteiger partial charge in [0.05, 0.1) is 11.3 Å². The maximum absolute atomic E-state index is 14.4. The van der Waals surface area contributed by atoms with Gasteiger partial charge in [0.25, 0.3) is 11.8 Å². The van der Waals surface area contributed by atoms with Gasteiger partial charge < -0.3 is 36.3 Å². The first kappa shape index (κ1) is 39.5. The molecule has 2 amide bonds. The molecule has 1 saturated heterocycles. The molecule has 13 nitrogen and oxygen atoms in total. The van der Waals surface area contributed by atoms with E-state index in [1.807, 2.05) is 24.3 Å². The number of hydrogen-bond donors (Lipinski definition) is 6. The summed E-state index contributed by atoms with van der Waals surface area (Å²) in [5.74, 6) is -0.157. The number of aromatic nitrogens is 4. The van der Waals surface area contributed by atoms with E-state index in [4.69, 9.17) is 11.6 Å². The van der Waals surface area contributed by atoms with Crippen molar-refractivity contribution in [1.29, 1.82) is 0 Å². The molecule has 5 heterocycles. The maximum atomic E-state index is 14.4. The van der Waals surface area contributed by atoms with Crippen molar-refractivity contribution in [2.45, 2.75) is 32.4 Å². The van der Waals surface area contributed by atoms with E-state index in [0.29, 0.717) is 47.1 Å². The van der Waals surface area contributed by atoms with Crippen molar-refractivity contribution in [2.24, 2.45) is 0 Å². The van der Waals surface area contributed by atoms with Gasteiger partial charge in [-0.05, 0) is 91.6 Å². The number of aromatic amines is 1. The van der Waals surface area contributed by atoms with Crippen molar-refractivity contribution in [3.05, 3.63) is 130 Å². The summed E-state index contributed by atoms with van der Waals surface area (Å²) in [6.07, 6.45) is 3.67. The van der Waals surface area contributed by atoms with E-state index in [0.717, 1.165) is 65.3 Å². The van der Waals surface area contributed by atoms with Crippen LogP contribution in [0.25, 0.3) is 22.2 Å². The molecule has 59 heavy (non-hydrogen) atoms. The molecule has 0 spiro atoms. The first-order valence-corrected chi connectivity index (χ1v) is 19.8. The summed E-state index contributed by atoms with van der Waals surface area (Å²) < 4.78 is 14.4. The number of amides is 2. The van der Waals surface area contributed by atoms with Gasteiger partial charge >= 0.3 is 0 Å². The van der Waals surface area contributed by atoms with Crippen LogP contribution in [0.1, 0.15) is 51.4 Å². The molecule has 0 radical (unpaired) electrons. The second-order valence-electron chi connectivity index (χ2n) is 15.1. The van der Waals surface area contributed by atoms with Crippen molar-refractivity contribution in [3.8, 4) is 11.3 Å². The molecule has 2 aliphatic rings. The van der Waals surface area contributed by atoms with Crippen LogP contribution in [0.4, 0.5) is 33.3 Å². The number of halogens is 2. The highest BCUT2D eigenvalue weighted by molar-refractivity contribution is 6.31. The monoisotopic (exact) mass is 814 g/mol. The average Bonchev–Trinajstić information content (AvgIpc) is 3.49. The first-order valence-electron chi connectivity index (χ1n) is 19.4. The zero-order valence-electron chi connectivity index (χ0n) is 32.7. The van der Waals surface area contributed by atoms with Crippen LogP contribution in [0.5, 0.6) is 0 Å². The van der Waals surface area contributed by atoms with E-state index in [2.05, 4.69) is 75.8 Å². The number of benzene rings is 3. The molecule has 2 aliphatic heterocycles. The Morgan fingerprint density at radius 1 is 1.03 bits per heavy atom. The molecule has 8 rings (SSSR count). The summed E-state index contributed by atoms with van der Waals surface area (Å²) in [5, 5.41) is 23.9. The summed E-state index contributed by atoms with van der Waals surface area (Å²) >= 11 is 6.89. The smallest absolute Gasteiger partial charge is 0.256 e. The number of pyridine rings is 1. The Kier molecular flexibility index (Phi) is 11.0. The van der Waals surface area contributed by atoms with Crippen molar-refractivity contribution in [3.63, 3.8) is 0 Å². The average molecular weight is 815 g/mol. The molecule has 3 aromatic heterocycles.